The number of hydrogen-bond acceptors (Lipinski definition) is 2. The van der Waals surface area contributed by atoms with Crippen LogP contribution in [0.4, 0.5) is 0 Å². The first-order valence-corrected chi connectivity index (χ1v) is 2.55. The van der Waals surface area contributed by atoms with Gasteiger partial charge >= 0.3 is 5.63 Å². The normalized spacial score (nSPS) is 8.89. The number of rotatable bonds is 1. The van der Waals surface area contributed by atoms with Gasteiger partial charge in [-0.3, -0.25) is 0 Å². The average molecular weight is 122 g/mol. The van der Waals surface area contributed by atoms with Crippen LogP contribution in [0.2, 0.25) is 0 Å². The molecule has 0 saturated heterocycles. The third kappa shape index (κ3) is 1.08. The lowest BCUT2D eigenvalue weighted by molar-refractivity contribution is 0.509. The molecule has 9 heavy (non-hydrogen) atoms. The van der Waals surface area contributed by atoms with Crippen LogP contribution < -0.4 is 5.63 Å². The van der Waals surface area contributed by atoms with E-state index in [1.807, 2.05) is 0 Å². The van der Waals surface area contributed by atoms with Crippen LogP contribution in [0.5, 0.6) is 0 Å². The first-order valence-electron chi connectivity index (χ1n) is 2.55. The van der Waals surface area contributed by atoms with E-state index in [9.17, 15) is 4.79 Å². The van der Waals surface area contributed by atoms with Crippen LogP contribution in [0, 0.1) is 0 Å². The van der Waals surface area contributed by atoms with Crippen molar-refractivity contribution in [3.8, 4) is 0 Å². The fourth-order valence-electron chi connectivity index (χ4n) is 0.531. The molecular weight excluding hydrogens is 116 g/mol. The molecule has 0 radical (unpaired) electrons. The minimum absolute atomic E-state index is 0.340. The Bertz CT molecular complexity index is 260. The maximum absolute atomic E-state index is 10.6. The van der Waals surface area contributed by atoms with Gasteiger partial charge in [-0.2, -0.15) is 0 Å². The monoisotopic (exact) mass is 122 g/mol. The van der Waals surface area contributed by atoms with Gasteiger partial charge in [-0.25, -0.2) is 4.79 Å². The molecule has 0 aromatic carbocycles. The lowest BCUT2D eigenvalue weighted by atomic mass is 10.3. The third-order valence-corrected chi connectivity index (χ3v) is 0.985. The molecular formula is C7H6O2. The SMILES string of the molecule is C=Cc1cccoc1=O. The second-order valence-corrected chi connectivity index (χ2v) is 1.56. The van der Waals surface area contributed by atoms with Crippen molar-refractivity contribution < 1.29 is 4.42 Å². The zero-order valence-corrected chi connectivity index (χ0v) is 4.83. The molecule has 0 aliphatic heterocycles. The van der Waals surface area contributed by atoms with E-state index < -0.39 is 0 Å². The third-order valence-electron chi connectivity index (χ3n) is 0.985. The highest BCUT2D eigenvalue weighted by atomic mass is 16.4. The minimum Gasteiger partial charge on any atom is -0.431 e. The molecule has 0 spiro atoms. The molecule has 0 fully saturated rings. The molecule has 0 atom stereocenters. The molecule has 0 bridgehead atoms. The second-order valence-electron chi connectivity index (χ2n) is 1.56. The van der Waals surface area contributed by atoms with Gasteiger partial charge in [0.25, 0.3) is 0 Å². The van der Waals surface area contributed by atoms with Crippen molar-refractivity contribution in [3.63, 3.8) is 0 Å². The summed E-state index contributed by atoms with van der Waals surface area (Å²) >= 11 is 0. The quantitative estimate of drug-likeness (QED) is 0.561. The van der Waals surface area contributed by atoms with Crippen LogP contribution >= 0.6 is 0 Å². The Hall–Kier alpha value is -1.31. The van der Waals surface area contributed by atoms with Crippen molar-refractivity contribution in [2.45, 2.75) is 0 Å². The molecule has 0 unspecified atom stereocenters. The zero-order chi connectivity index (χ0) is 6.69. The van der Waals surface area contributed by atoms with Crippen LogP contribution in [0.25, 0.3) is 6.08 Å². The Morgan fingerprint density at radius 1 is 1.67 bits per heavy atom. The molecule has 0 N–H and O–H groups in total. The van der Waals surface area contributed by atoms with Crippen molar-refractivity contribution in [2.75, 3.05) is 0 Å². The van der Waals surface area contributed by atoms with E-state index in [4.69, 9.17) is 0 Å². The van der Waals surface area contributed by atoms with Gasteiger partial charge in [0.05, 0.1) is 11.8 Å². The predicted octanol–water partition coefficient (Wildman–Crippen LogP) is 1.28. The smallest absolute Gasteiger partial charge is 0.342 e. The Labute approximate surface area is 52.4 Å². The Kier molecular flexibility index (Phi) is 1.49. The summed E-state index contributed by atoms with van der Waals surface area (Å²) in [4.78, 5) is 10.6. The summed E-state index contributed by atoms with van der Waals surface area (Å²) in [7, 11) is 0. The van der Waals surface area contributed by atoms with E-state index in [0.29, 0.717) is 5.56 Å². The summed E-state index contributed by atoms with van der Waals surface area (Å²) < 4.78 is 4.52. The first-order chi connectivity index (χ1) is 4.34. The molecule has 2 nitrogen and oxygen atoms in total. The summed E-state index contributed by atoms with van der Waals surface area (Å²) in [6.45, 7) is 3.43. The summed E-state index contributed by atoms with van der Waals surface area (Å²) in [6.07, 6.45) is 2.81. The largest absolute Gasteiger partial charge is 0.431 e. The fraction of sp³-hybridized carbons (Fsp3) is 0. The van der Waals surface area contributed by atoms with Crippen molar-refractivity contribution in [1.29, 1.82) is 0 Å². The predicted molar refractivity (Wildman–Crippen MR) is 35.1 cm³/mol. The molecule has 1 heterocycles. The highest BCUT2D eigenvalue weighted by Gasteiger charge is 1.89. The Morgan fingerprint density at radius 2 is 2.44 bits per heavy atom. The molecule has 0 saturated carbocycles. The van der Waals surface area contributed by atoms with Gasteiger partial charge in [-0.1, -0.05) is 12.7 Å². The van der Waals surface area contributed by atoms with Crippen LogP contribution in [-0.2, 0) is 0 Å². The van der Waals surface area contributed by atoms with E-state index >= 15 is 0 Å². The van der Waals surface area contributed by atoms with Gasteiger partial charge in [0.1, 0.15) is 0 Å². The lowest BCUT2D eigenvalue weighted by Gasteiger charge is -1.84. The van der Waals surface area contributed by atoms with Crippen molar-refractivity contribution >= 4 is 6.08 Å². The van der Waals surface area contributed by atoms with E-state index in [0.717, 1.165) is 0 Å². The van der Waals surface area contributed by atoms with Gasteiger partial charge in [0, 0.05) is 0 Å². The van der Waals surface area contributed by atoms with Crippen LogP contribution in [0.15, 0.2) is 34.2 Å². The zero-order valence-electron chi connectivity index (χ0n) is 4.83. The highest BCUT2D eigenvalue weighted by Crippen LogP contribution is 1.90. The maximum Gasteiger partial charge on any atom is 0.342 e. The second kappa shape index (κ2) is 2.31. The van der Waals surface area contributed by atoms with Crippen LogP contribution in [0.3, 0.4) is 0 Å². The summed E-state index contributed by atoms with van der Waals surface area (Å²) in [5.74, 6) is 0. The van der Waals surface area contributed by atoms with Gasteiger partial charge in [-0.05, 0) is 12.1 Å². The molecule has 1 aromatic rings. The Morgan fingerprint density at radius 3 is 2.89 bits per heavy atom. The van der Waals surface area contributed by atoms with Crippen molar-refractivity contribution in [1.82, 2.24) is 0 Å². The van der Waals surface area contributed by atoms with Gasteiger partial charge < -0.3 is 4.42 Å². The van der Waals surface area contributed by atoms with E-state index in [2.05, 4.69) is 11.0 Å². The molecule has 0 amide bonds. The van der Waals surface area contributed by atoms with Crippen LogP contribution in [0.1, 0.15) is 5.56 Å². The van der Waals surface area contributed by atoms with E-state index in [-0.39, 0.29) is 5.63 Å². The standard InChI is InChI=1S/C7H6O2/c1-2-6-4-3-5-9-7(6)8/h2-5H,1H2. The van der Waals surface area contributed by atoms with Crippen molar-refractivity contribution in [3.05, 3.63) is 41.0 Å². The topological polar surface area (TPSA) is 30.2 Å². The van der Waals surface area contributed by atoms with Gasteiger partial charge in [0.2, 0.25) is 0 Å². The highest BCUT2D eigenvalue weighted by molar-refractivity contribution is 5.43. The molecule has 0 aliphatic rings. The van der Waals surface area contributed by atoms with Crippen molar-refractivity contribution in [2.24, 2.45) is 0 Å². The Balaban J connectivity index is 3.32. The molecule has 46 valence electrons. The van der Waals surface area contributed by atoms with E-state index in [1.54, 1.807) is 12.1 Å². The summed E-state index contributed by atoms with van der Waals surface area (Å²) in [5, 5.41) is 0. The summed E-state index contributed by atoms with van der Waals surface area (Å²) in [6, 6.07) is 3.30. The molecule has 0 aliphatic carbocycles. The number of hydrogen-bond donors (Lipinski definition) is 0. The fourth-order valence-corrected chi connectivity index (χ4v) is 0.531. The van der Waals surface area contributed by atoms with E-state index in [1.165, 1.54) is 12.3 Å². The van der Waals surface area contributed by atoms with Gasteiger partial charge in [0.15, 0.2) is 0 Å². The molecule has 1 aromatic heterocycles. The average Bonchev–Trinajstić information content (AvgIpc) is 1.89. The van der Waals surface area contributed by atoms with Gasteiger partial charge in [-0.15, -0.1) is 0 Å². The molecule has 2 heteroatoms. The minimum atomic E-state index is -0.340. The summed E-state index contributed by atoms with van der Waals surface area (Å²) in [5.41, 5.74) is 0.157. The maximum atomic E-state index is 10.6. The molecule has 1 rings (SSSR count). The lowest BCUT2D eigenvalue weighted by Crippen LogP contribution is -1.99. The first kappa shape index (κ1) is 5.82. The van der Waals surface area contributed by atoms with Crippen LogP contribution in [-0.4, -0.2) is 0 Å².